The molecular weight excluding hydrogens is 218 g/mol. The first-order valence-electron chi connectivity index (χ1n) is 5.46. The van der Waals surface area contributed by atoms with E-state index >= 15 is 0 Å². The number of hydrogen-bond donors (Lipinski definition) is 1. The summed E-state index contributed by atoms with van der Waals surface area (Å²) >= 11 is 0. The molecule has 0 radical (unpaired) electrons. The molecule has 0 saturated carbocycles. The highest BCUT2D eigenvalue weighted by molar-refractivity contribution is 6.75. The molecule has 15 heavy (non-hydrogen) atoms. The second-order valence-corrected chi connectivity index (χ2v) is 10.9. The van der Waals surface area contributed by atoms with Gasteiger partial charge in [-0.1, -0.05) is 30.3 Å². The number of nitrogens with one attached hydrogen (secondary N) is 1. The normalized spacial score (nSPS) is 12.1. The Kier molecular flexibility index (Phi) is 4.72. The smallest absolute Gasteiger partial charge is 0.252 e. The third-order valence-corrected chi connectivity index (χ3v) is 7.36. The average molecular weight is 239 g/mol. The van der Waals surface area contributed by atoms with Crippen molar-refractivity contribution in [2.45, 2.75) is 32.7 Å². The molecular formula is C11H21NOSi2. The van der Waals surface area contributed by atoms with E-state index in [-0.39, 0.29) is 0 Å². The fourth-order valence-electron chi connectivity index (χ4n) is 1.54. The van der Waals surface area contributed by atoms with Crippen LogP contribution in [-0.4, -0.2) is 17.5 Å². The molecule has 2 nitrogen and oxygen atoms in total. The van der Waals surface area contributed by atoms with Gasteiger partial charge in [0.05, 0.1) is 0 Å². The van der Waals surface area contributed by atoms with Crippen LogP contribution in [0.25, 0.3) is 0 Å². The zero-order valence-electron chi connectivity index (χ0n) is 10.1. The Bertz CT molecular complexity index is 288. The molecule has 0 bridgehead atoms. The quantitative estimate of drug-likeness (QED) is 0.797. The maximum absolute atomic E-state index is 6.03. The van der Waals surface area contributed by atoms with Crippen molar-refractivity contribution < 1.29 is 4.12 Å². The van der Waals surface area contributed by atoms with Crippen LogP contribution in [0.15, 0.2) is 30.3 Å². The molecule has 1 aromatic rings. The van der Waals surface area contributed by atoms with Gasteiger partial charge in [0.2, 0.25) is 0 Å². The monoisotopic (exact) mass is 239 g/mol. The Balaban J connectivity index is 2.42. The van der Waals surface area contributed by atoms with Crippen molar-refractivity contribution in [1.82, 2.24) is 4.98 Å². The standard InChI is InChI=1S/C11H21NOSi2/c1-14(2)13-15(3,4)12-10-11-8-6-5-7-9-11/h5-9,12,14H,10H2,1-4H3. The van der Waals surface area contributed by atoms with Gasteiger partial charge in [0.15, 0.2) is 9.04 Å². The van der Waals surface area contributed by atoms with Crippen molar-refractivity contribution in [2.24, 2.45) is 0 Å². The van der Waals surface area contributed by atoms with Crippen LogP contribution in [0.1, 0.15) is 5.56 Å². The minimum atomic E-state index is -1.64. The van der Waals surface area contributed by atoms with Crippen LogP contribution in [0, 0.1) is 0 Å². The van der Waals surface area contributed by atoms with Crippen molar-refractivity contribution in [3.63, 3.8) is 0 Å². The highest BCUT2D eigenvalue weighted by atomic mass is 28.4. The fraction of sp³-hybridized carbons (Fsp3) is 0.455. The van der Waals surface area contributed by atoms with Gasteiger partial charge in [0.25, 0.3) is 8.48 Å². The summed E-state index contributed by atoms with van der Waals surface area (Å²) in [6, 6.07) is 10.5. The van der Waals surface area contributed by atoms with Gasteiger partial charge in [-0.25, -0.2) is 0 Å². The Hall–Kier alpha value is -0.426. The summed E-state index contributed by atoms with van der Waals surface area (Å²) in [6.45, 7) is 9.81. The molecule has 84 valence electrons. The molecule has 0 atom stereocenters. The summed E-state index contributed by atoms with van der Waals surface area (Å²) in [5, 5.41) is 0. The van der Waals surface area contributed by atoms with Gasteiger partial charge in [0.1, 0.15) is 0 Å². The summed E-state index contributed by atoms with van der Waals surface area (Å²) in [6.07, 6.45) is 0. The molecule has 0 heterocycles. The molecule has 0 aromatic heterocycles. The molecule has 0 unspecified atom stereocenters. The number of rotatable bonds is 5. The van der Waals surface area contributed by atoms with Crippen LogP contribution >= 0.6 is 0 Å². The average Bonchev–Trinajstić information content (AvgIpc) is 2.15. The van der Waals surface area contributed by atoms with Gasteiger partial charge < -0.3 is 9.10 Å². The Morgan fingerprint density at radius 3 is 2.33 bits per heavy atom. The van der Waals surface area contributed by atoms with Gasteiger partial charge in [-0.3, -0.25) is 0 Å². The largest absolute Gasteiger partial charge is 0.447 e. The van der Waals surface area contributed by atoms with Gasteiger partial charge in [-0.05, 0) is 31.8 Å². The first-order valence-corrected chi connectivity index (χ1v) is 11.2. The van der Waals surface area contributed by atoms with E-state index in [4.69, 9.17) is 4.12 Å². The van der Waals surface area contributed by atoms with E-state index in [9.17, 15) is 0 Å². The SMILES string of the molecule is C[SiH](C)O[Si](C)(C)NCc1ccccc1. The lowest BCUT2D eigenvalue weighted by Crippen LogP contribution is -2.49. The van der Waals surface area contributed by atoms with E-state index in [2.05, 4.69) is 55.4 Å². The van der Waals surface area contributed by atoms with Crippen LogP contribution in [-0.2, 0) is 10.7 Å². The van der Waals surface area contributed by atoms with Crippen molar-refractivity contribution in [3.05, 3.63) is 35.9 Å². The fourth-order valence-corrected chi connectivity index (χ4v) is 7.22. The first-order chi connectivity index (χ1) is 6.99. The topological polar surface area (TPSA) is 21.3 Å². The van der Waals surface area contributed by atoms with E-state index < -0.39 is 17.5 Å². The van der Waals surface area contributed by atoms with Crippen molar-refractivity contribution >= 4 is 17.5 Å². The molecule has 0 fully saturated rings. The second-order valence-electron chi connectivity index (χ2n) is 4.52. The van der Waals surface area contributed by atoms with E-state index in [1.54, 1.807) is 0 Å². The van der Waals surface area contributed by atoms with E-state index in [0.29, 0.717) is 0 Å². The van der Waals surface area contributed by atoms with E-state index in [0.717, 1.165) is 6.54 Å². The van der Waals surface area contributed by atoms with Crippen molar-refractivity contribution in [2.75, 3.05) is 0 Å². The van der Waals surface area contributed by atoms with Crippen LogP contribution < -0.4 is 4.98 Å². The molecule has 1 rings (SSSR count). The first kappa shape index (κ1) is 12.6. The lowest BCUT2D eigenvalue weighted by atomic mass is 10.2. The Labute approximate surface area is 95.6 Å². The van der Waals surface area contributed by atoms with Gasteiger partial charge in [-0.2, -0.15) is 0 Å². The maximum Gasteiger partial charge on any atom is 0.252 e. The van der Waals surface area contributed by atoms with E-state index in [1.165, 1.54) is 5.56 Å². The minimum Gasteiger partial charge on any atom is -0.447 e. The van der Waals surface area contributed by atoms with Crippen LogP contribution in [0.2, 0.25) is 26.2 Å². The lowest BCUT2D eigenvalue weighted by molar-refractivity contribution is 0.545. The Morgan fingerprint density at radius 1 is 1.20 bits per heavy atom. The summed E-state index contributed by atoms with van der Waals surface area (Å²) in [7, 11) is -2.56. The Morgan fingerprint density at radius 2 is 1.80 bits per heavy atom. The predicted octanol–water partition coefficient (Wildman–Crippen LogP) is 2.48. The molecule has 4 heteroatoms. The molecule has 0 aliphatic rings. The summed E-state index contributed by atoms with van der Waals surface area (Å²) in [5.41, 5.74) is 1.33. The summed E-state index contributed by atoms with van der Waals surface area (Å²) in [5.74, 6) is 0. The predicted molar refractivity (Wildman–Crippen MR) is 70.7 cm³/mol. The zero-order chi connectivity index (χ0) is 11.3. The third kappa shape index (κ3) is 5.27. The van der Waals surface area contributed by atoms with Crippen molar-refractivity contribution in [3.8, 4) is 0 Å². The van der Waals surface area contributed by atoms with Gasteiger partial charge in [-0.15, -0.1) is 0 Å². The maximum atomic E-state index is 6.03. The van der Waals surface area contributed by atoms with Crippen LogP contribution in [0.3, 0.4) is 0 Å². The molecule has 0 amide bonds. The number of benzene rings is 1. The third-order valence-electron chi connectivity index (χ3n) is 2.09. The number of hydrogen-bond acceptors (Lipinski definition) is 2. The van der Waals surface area contributed by atoms with Crippen LogP contribution in [0.5, 0.6) is 0 Å². The lowest BCUT2D eigenvalue weighted by Gasteiger charge is -2.26. The molecule has 0 spiro atoms. The molecule has 0 aliphatic carbocycles. The molecule has 1 aromatic carbocycles. The molecule has 0 saturated heterocycles. The molecule has 1 N–H and O–H groups in total. The van der Waals surface area contributed by atoms with Gasteiger partial charge >= 0.3 is 0 Å². The van der Waals surface area contributed by atoms with Gasteiger partial charge in [0, 0.05) is 6.54 Å². The minimum absolute atomic E-state index is 0.918. The highest BCUT2D eigenvalue weighted by Gasteiger charge is 2.22. The summed E-state index contributed by atoms with van der Waals surface area (Å²) < 4.78 is 6.03. The zero-order valence-corrected chi connectivity index (χ0v) is 12.2. The van der Waals surface area contributed by atoms with E-state index in [1.807, 2.05) is 6.07 Å². The summed E-state index contributed by atoms with van der Waals surface area (Å²) in [4.78, 5) is 3.56. The molecule has 0 aliphatic heterocycles. The second kappa shape index (κ2) is 5.60. The van der Waals surface area contributed by atoms with Crippen molar-refractivity contribution in [1.29, 1.82) is 0 Å². The van der Waals surface area contributed by atoms with Crippen LogP contribution in [0.4, 0.5) is 0 Å². The highest BCUT2D eigenvalue weighted by Crippen LogP contribution is 2.05.